The first-order chi connectivity index (χ1) is 11.5. The van der Waals surface area contributed by atoms with Crippen LogP contribution in [0.2, 0.25) is 0 Å². The highest BCUT2D eigenvalue weighted by Crippen LogP contribution is 2.12. The summed E-state index contributed by atoms with van der Waals surface area (Å²) < 4.78 is 12.4. The van der Waals surface area contributed by atoms with Gasteiger partial charge in [-0.05, 0) is 6.42 Å². The van der Waals surface area contributed by atoms with Crippen LogP contribution < -0.4 is 0 Å². The van der Waals surface area contributed by atoms with E-state index in [0.29, 0.717) is 24.8 Å². The van der Waals surface area contributed by atoms with Crippen LogP contribution >= 0.6 is 0 Å². The third kappa shape index (κ3) is 8.77. The molecule has 1 aliphatic carbocycles. The van der Waals surface area contributed by atoms with E-state index in [4.69, 9.17) is 15.6 Å². The third-order valence-corrected chi connectivity index (χ3v) is 3.82. The Morgan fingerprint density at radius 1 is 1.17 bits per heavy atom. The molecule has 24 heavy (non-hydrogen) atoms. The second-order valence-electron chi connectivity index (χ2n) is 7.20. The van der Waals surface area contributed by atoms with E-state index < -0.39 is 0 Å². The zero-order chi connectivity index (χ0) is 17.8. The van der Waals surface area contributed by atoms with Crippen molar-refractivity contribution in [2.75, 3.05) is 40.9 Å². The average molecular weight is 332 g/mol. The summed E-state index contributed by atoms with van der Waals surface area (Å²) in [7, 11) is 6.41. The van der Waals surface area contributed by atoms with E-state index >= 15 is 0 Å². The smallest absolute Gasteiger partial charge is 0.367 e. The molecule has 0 atom stereocenters. The number of ether oxygens (including phenoxy) is 1. The first-order valence-corrected chi connectivity index (χ1v) is 9.04. The van der Waals surface area contributed by atoms with Crippen LogP contribution in [0.25, 0.3) is 0 Å². The van der Waals surface area contributed by atoms with Gasteiger partial charge in [-0.25, -0.2) is 4.42 Å². The number of nitrogens with zero attached hydrogens (tertiary/aromatic N) is 1. The zero-order valence-electron chi connectivity index (χ0n) is 15.9. The molecule has 0 saturated carbocycles. The summed E-state index contributed by atoms with van der Waals surface area (Å²) in [5.74, 6) is 4.09. The summed E-state index contributed by atoms with van der Waals surface area (Å²) in [5, 5.41) is 0. The zero-order valence-corrected chi connectivity index (χ0v) is 15.9. The van der Waals surface area contributed by atoms with Gasteiger partial charge in [-0.1, -0.05) is 50.7 Å². The standard InChI is InChI=1S/C21H33NO2/c1-6-8-9-10-11-12-16-23-20-13-14-21(19(7-2)18-20)24-17-15-22(3,4)5/h2,14,18H,6,8-12,15-17H2,1,3-5H3/q+2. The maximum atomic E-state index is 5.79. The molecule has 3 nitrogen and oxygen atoms in total. The summed E-state index contributed by atoms with van der Waals surface area (Å²) in [6, 6.07) is 0. The molecule has 0 saturated heterocycles. The molecule has 132 valence electrons. The molecule has 1 aliphatic rings. The summed E-state index contributed by atoms with van der Waals surface area (Å²) in [6.45, 7) is 4.50. The Balaban J connectivity index is 2.45. The fourth-order valence-electron chi connectivity index (χ4n) is 2.27. The van der Waals surface area contributed by atoms with Crippen LogP contribution in [0.5, 0.6) is 0 Å². The van der Waals surface area contributed by atoms with Gasteiger partial charge in [0.15, 0.2) is 12.3 Å². The van der Waals surface area contributed by atoms with Gasteiger partial charge in [-0.3, -0.25) is 0 Å². The summed E-state index contributed by atoms with van der Waals surface area (Å²) in [4.78, 5) is 0. The van der Waals surface area contributed by atoms with Gasteiger partial charge >= 0.3 is 12.4 Å². The molecule has 0 aromatic carbocycles. The number of quaternary nitrogens is 1. The van der Waals surface area contributed by atoms with Crippen LogP contribution in [0.1, 0.15) is 45.4 Å². The van der Waals surface area contributed by atoms with Crippen LogP contribution in [0.3, 0.4) is 0 Å². The van der Waals surface area contributed by atoms with Crippen molar-refractivity contribution in [3.63, 3.8) is 0 Å². The van der Waals surface area contributed by atoms with Gasteiger partial charge in [0, 0.05) is 6.08 Å². The maximum absolute atomic E-state index is 5.79. The molecular formula is C21H33NO2+2. The van der Waals surface area contributed by atoms with Crippen LogP contribution in [-0.2, 0) is 9.16 Å². The van der Waals surface area contributed by atoms with E-state index in [1.165, 1.54) is 32.1 Å². The van der Waals surface area contributed by atoms with Crippen LogP contribution in [0.4, 0.5) is 0 Å². The average Bonchev–Trinajstić information content (AvgIpc) is 2.53. The molecule has 1 rings (SSSR count). The van der Waals surface area contributed by atoms with Gasteiger partial charge in [-0.15, -0.1) is 6.42 Å². The van der Waals surface area contributed by atoms with Crippen LogP contribution in [0, 0.1) is 12.3 Å². The number of likely N-dealkylation sites (N-methyl/N-ethyl adjacent to an activating group) is 1. The van der Waals surface area contributed by atoms with Gasteiger partial charge in [0.05, 0.1) is 33.8 Å². The fourth-order valence-corrected chi connectivity index (χ4v) is 2.27. The number of hydrogen-bond donors (Lipinski definition) is 0. The third-order valence-electron chi connectivity index (χ3n) is 3.82. The minimum Gasteiger partial charge on any atom is -0.486 e. The Morgan fingerprint density at radius 3 is 2.54 bits per heavy atom. The molecule has 0 fully saturated rings. The Bertz CT molecular complexity index is 549. The lowest BCUT2D eigenvalue weighted by Crippen LogP contribution is -2.37. The van der Waals surface area contributed by atoms with Gasteiger partial charge in [0.2, 0.25) is 0 Å². The van der Waals surface area contributed by atoms with Crippen molar-refractivity contribution in [3.8, 4) is 12.3 Å². The monoisotopic (exact) mass is 331 g/mol. The molecule has 0 radical (unpaired) electrons. The lowest BCUT2D eigenvalue weighted by atomic mass is 10.1. The molecule has 0 heterocycles. The lowest BCUT2D eigenvalue weighted by molar-refractivity contribution is -0.877. The summed E-state index contributed by atoms with van der Waals surface area (Å²) in [5.41, 5.74) is 3.85. The van der Waals surface area contributed by atoms with E-state index in [-0.39, 0.29) is 0 Å². The van der Waals surface area contributed by atoms with E-state index in [1.807, 2.05) is 6.08 Å². The van der Waals surface area contributed by atoms with Gasteiger partial charge in [0.1, 0.15) is 5.57 Å². The first-order valence-electron chi connectivity index (χ1n) is 9.04. The number of unbranched alkanes of at least 4 members (excludes halogenated alkanes) is 5. The van der Waals surface area contributed by atoms with Crippen molar-refractivity contribution >= 4 is 5.78 Å². The Labute approximate surface area is 148 Å². The first kappa shape index (κ1) is 20.3. The van der Waals surface area contributed by atoms with Gasteiger partial charge in [-0.2, -0.15) is 0 Å². The van der Waals surface area contributed by atoms with Crippen molar-refractivity contribution in [3.05, 3.63) is 29.2 Å². The van der Waals surface area contributed by atoms with Gasteiger partial charge in [0.25, 0.3) is 0 Å². The summed E-state index contributed by atoms with van der Waals surface area (Å²) >= 11 is 0. The molecule has 0 N–H and O–H groups in total. The number of allylic oxidation sites excluding steroid dienone is 2. The molecule has 0 aromatic heterocycles. The van der Waals surface area contributed by atoms with E-state index in [1.54, 1.807) is 6.08 Å². The molecule has 0 spiro atoms. The molecule has 0 bridgehead atoms. The van der Waals surface area contributed by atoms with Crippen LogP contribution in [-0.4, -0.2) is 51.2 Å². The SMILES string of the molecule is C#CC1=CC(OCCCCCCCC)=C=CC1=[O+]CC[N+](C)(C)C. The Kier molecular flexibility index (Phi) is 9.23. The van der Waals surface area contributed by atoms with Crippen LogP contribution in [0.15, 0.2) is 29.2 Å². The predicted molar refractivity (Wildman–Crippen MR) is 101 cm³/mol. The number of terminal acetylenes is 1. The van der Waals surface area contributed by atoms with Crippen molar-refractivity contribution in [1.82, 2.24) is 0 Å². The number of carbonyl (C=O) groups excluding carboxylic acids is 1. The Morgan fingerprint density at radius 2 is 1.88 bits per heavy atom. The van der Waals surface area contributed by atoms with Crippen molar-refractivity contribution in [2.45, 2.75) is 45.4 Å². The normalized spacial score (nSPS) is 15.9. The van der Waals surface area contributed by atoms with Gasteiger partial charge < -0.3 is 9.22 Å². The highest BCUT2D eigenvalue weighted by atomic mass is 16.5. The Hall–Kier alpha value is -1.75. The highest BCUT2D eigenvalue weighted by molar-refractivity contribution is 6.08. The maximum Gasteiger partial charge on any atom is 0.367 e. The molecule has 0 amide bonds. The van der Waals surface area contributed by atoms with E-state index in [2.05, 4.69) is 39.7 Å². The highest BCUT2D eigenvalue weighted by Gasteiger charge is 2.19. The van der Waals surface area contributed by atoms with Crippen molar-refractivity contribution < 1.29 is 13.6 Å². The minimum atomic E-state index is 0.629. The summed E-state index contributed by atoms with van der Waals surface area (Å²) in [6.07, 6.45) is 16.7. The predicted octanol–water partition coefficient (Wildman–Crippen LogP) is 3.79. The molecular weight excluding hydrogens is 298 g/mol. The van der Waals surface area contributed by atoms with Crippen molar-refractivity contribution in [1.29, 1.82) is 0 Å². The quantitative estimate of drug-likeness (QED) is 0.185. The fraction of sp³-hybridized carbons (Fsp3) is 0.619. The second-order valence-corrected chi connectivity index (χ2v) is 7.20. The molecule has 3 heteroatoms. The molecule has 0 unspecified atom stereocenters. The van der Waals surface area contributed by atoms with E-state index in [9.17, 15) is 0 Å². The number of hydrogen-bond acceptors (Lipinski definition) is 1. The minimum absolute atomic E-state index is 0.629. The topological polar surface area (TPSA) is 20.5 Å². The molecule has 0 aliphatic heterocycles. The second kappa shape index (κ2) is 10.9. The van der Waals surface area contributed by atoms with E-state index in [0.717, 1.165) is 23.0 Å². The number of rotatable bonds is 11. The molecule has 0 aromatic rings. The van der Waals surface area contributed by atoms with Crippen molar-refractivity contribution in [2.24, 2.45) is 0 Å². The number of ketones is 1. The largest absolute Gasteiger partial charge is 0.486 e. The lowest BCUT2D eigenvalue weighted by Gasteiger charge is -2.19.